The number of hydrogen-bond donors (Lipinski definition) is 0. The van der Waals surface area contributed by atoms with Crippen LogP contribution in [-0.4, -0.2) is 20.3 Å². The van der Waals surface area contributed by atoms with Gasteiger partial charge >= 0.3 is 0 Å². The molecular weight excluding hydrogens is 360 g/mol. The van der Waals surface area contributed by atoms with Gasteiger partial charge in [-0.05, 0) is 37.4 Å². The normalized spacial score (nSPS) is 14.2. The Bertz CT molecular complexity index is 244. The van der Waals surface area contributed by atoms with E-state index in [1.54, 1.807) is 0 Å². The maximum Gasteiger partial charge on any atom is 0.192 e. The van der Waals surface area contributed by atoms with E-state index in [0.29, 0.717) is 0 Å². The van der Waals surface area contributed by atoms with Crippen molar-refractivity contribution in [3.63, 3.8) is 0 Å². The lowest BCUT2D eigenvalue weighted by atomic mass is 10.2. The second kappa shape index (κ2) is 8.13. The quantitative estimate of drug-likeness (QED) is 0.303. The topological polar surface area (TPSA) is 9.23 Å². The summed E-state index contributed by atoms with van der Waals surface area (Å²) in [7, 11) is -1.60. The van der Waals surface area contributed by atoms with E-state index in [-0.39, 0.29) is 5.04 Å². The van der Waals surface area contributed by atoms with Crippen LogP contribution in [-0.2, 0) is 4.43 Å². The van der Waals surface area contributed by atoms with Gasteiger partial charge in [-0.25, -0.2) is 0 Å². The molecular formula is C13H26Br2OSi. The van der Waals surface area contributed by atoms with E-state index in [1.807, 2.05) is 0 Å². The smallest absolute Gasteiger partial charge is 0.192 e. The van der Waals surface area contributed by atoms with E-state index in [4.69, 9.17) is 4.43 Å². The van der Waals surface area contributed by atoms with Crippen LogP contribution in [0.3, 0.4) is 0 Å². The van der Waals surface area contributed by atoms with Crippen LogP contribution in [0.5, 0.6) is 0 Å². The molecule has 0 atom stereocenters. The molecule has 0 unspecified atom stereocenters. The fourth-order valence-electron chi connectivity index (χ4n) is 1.02. The molecule has 0 fully saturated rings. The molecule has 0 saturated carbocycles. The first-order valence-electron chi connectivity index (χ1n) is 6.25. The molecule has 0 aromatic heterocycles. The number of rotatable bonds is 7. The Morgan fingerprint density at radius 3 is 2.29 bits per heavy atom. The predicted molar refractivity (Wildman–Crippen MR) is 87.8 cm³/mol. The van der Waals surface area contributed by atoms with Crippen LogP contribution < -0.4 is 0 Å². The molecule has 0 heterocycles. The van der Waals surface area contributed by atoms with E-state index in [0.717, 1.165) is 18.4 Å². The summed E-state index contributed by atoms with van der Waals surface area (Å²) in [4.78, 5) is 0. The van der Waals surface area contributed by atoms with Crippen LogP contribution in [0.4, 0.5) is 0 Å². The molecule has 0 N–H and O–H groups in total. The van der Waals surface area contributed by atoms with Crippen molar-refractivity contribution < 1.29 is 4.43 Å². The van der Waals surface area contributed by atoms with E-state index in [9.17, 15) is 0 Å². The van der Waals surface area contributed by atoms with Gasteiger partial charge in [-0.15, -0.1) is 0 Å². The summed E-state index contributed by atoms with van der Waals surface area (Å²) < 4.78 is 7.32. The molecule has 102 valence electrons. The zero-order valence-corrected chi connectivity index (χ0v) is 15.9. The maximum atomic E-state index is 6.13. The van der Waals surface area contributed by atoms with Gasteiger partial charge in [0.25, 0.3) is 0 Å². The molecule has 0 bridgehead atoms. The van der Waals surface area contributed by atoms with Gasteiger partial charge in [0, 0.05) is 9.81 Å². The van der Waals surface area contributed by atoms with E-state index >= 15 is 0 Å². The molecule has 0 aliphatic heterocycles. The first-order chi connectivity index (χ1) is 7.70. The van der Waals surface area contributed by atoms with Crippen molar-refractivity contribution in [3.8, 4) is 0 Å². The third-order valence-electron chi connectivity index (χ3n) is 3.33. The van der Waals surface area contributed by atoms with E-state index in [1.165, 1.54) is 17.3 Å². The van der Waals surface area contributed by atoms with Gasteiger partial charge in [-0.1, -0.05) is 58.7 Å². The molecule has 0 radical (unpaired) electrons. The standard InChI is InChI=1S/C13H26Br2OSi/c1-13(2,3)17(4,5)16-11-12(15)9-7-6-8-10-14/h9H,6-8,10-11H2,1-5H3/b12-9+. The Hall–Kier alpha value is 0.877. The van der Waals surface area contributed by atoms with Crippen LogP contribution in [0.2, 0.25) is 18.1 Å². The predicted octanol–water partition coefficient (Wildman–Crippen LogP) is 5.85. The molecule has 0 aromatic rings. The summed E-state index contributed by atoms with van der Waals surface area (Å²) in [5.74, 6) is 0. The SMILES string of the molecule is CC(C)(C)[Si](C)(C)OC/C(Br)=C\CCCCBr. The molecule has 0 amide bonds. The van der Waals surface area contributed by atoms with Crippen LogP contribution in [0.25, 0.3) is 0 Å². The fraction of sp³-hybridized carbons (Fsp3) is 0.846. The Balaban J connectivity index is 4.02. The van der Waals surface area contributed by atoms with Crippen molar-refractivity contribution in [1.82, 2.24) is 0 Å². The fourth-order valence-corrected chi connectivity index (χ4v) is 2.92. The second-order valence-electron chi connectivity index (χ2n) is 5.88. The van der Waals surface area contributed by atoms with Gasteiger partial charge in [0.05, 0.1) is 6.61 Å². The number of hydrogen-bond acceptors (Lipinski definition) is 1. The van der Waals surface area contributed by atoms with Crippen LogP contribution in [0.15, 0.2) is 10.6 Å². The summed E-state index contributed by atoms with van der Waals surface area (Å²) in [5.41, 5.74) is 0. The van der Waals surface area contributed by atoms with Crippen LogP contribution >= 0.6 is 31.9 Å². The minimum atomic E-state index is -1.60. The zero-order chi connectivity index (χ0) is 13.5. The van der Waals surface area contributed by atoms with E-state index < -0.39 is 8.32 Å². The van der Waals surface area contributed by atoms with Crippen molar-refractivity contribution in [1.29, 1.82) is 0 Å². The molecule has 0 saturated heterocycles. The van der Waals surface area contributed by atoms with Gasteiger partial charge in [0.2, 0.25) is 0 Å². The summed E-state index contributed by atoms with van der Waals surface area (Å²) in [6.07, 6.45) is 5.85. The van der Waals surface area contributed by atoms with Gasteiger partial charge in [-0.3, -0.25) is 0 Å². The second-order valence-corrected chi connectivity index (χ2v) is 12.5. The average molecular weight is 386 g/mol. The monoisotopic (exact) mass is 384 g/mol. The lowest BCUT2D eigenvalue weighted by molar-refractivity contribution is 0.325. The highest BCUT2D eigenvalue weighted by Crippen LogP contribution is 2.36. The number of alkyl halides is 1. The van der Waals surface area contributed by atoms with Crippen molar-refractivity contribution >= 4 is 40.2 Å². The van der Waals surface area contributed by atoms with Crippen molar-refractivity contribution in [3.05, 3.63) is 10.6 Å². The minimum absolute atomic E-state index is 0.288. The van der Waals surface area contributed by atoms with Crippen molar-refractivity contribution in [2.24, 2.45) is 0 Å². The largest absolute Gasteiger partial charge is 0.412 e. The maximum absolute atomic E-state index is 6.13. The van der Waals surface area contributed by atoms with Crippen LogP contribution in [0.1, 0.15) is 40.0 Å². The van der Waals surface area contributed by atoms with Crippen molar-refractivity contribution in [2.45, 2.75) is 58.2 Å². The highest BCUT2D eigenvalue weighted by Gasteiger charge is 2.36. The number of halogens is 2. The highest BCUT2D eigenvalue weighted by atomic mass is 79.9. The average Bonchev–Trinajstić information content (AvgIpc) is 2.20. The Kier molecular flexibility index (Phi) is 8.55. The molecule has 0 aromatic carbocycles. The molecule has 4 heteroatoms. The number of unbranched alkanes of at least 4 members (excludes halogenated alkanes) is 2. The van der Waals surface area contributed by atoms with Gasteiger partial charge in [0.1, 0.15) is 0 Å². The molecule has 0 aliphatic carbocycles. The lowest BCUT2D eigenvalue weighted by Crippen LogP contribution is -2.41. The van der Waals surface area contributed by atoms with Gasteiger partial charge in [0.15, 0.2) is 8.32 Å². The first kappa shape index (κ1) is 17.9. The first-order valence-corrected chi connectivity index (χ1v) is 11.1. The third-order valence-corrected chi connectivity index (χ3v) is 8.92. The van der Waals surface area contributed by atoms with Gasteiger partial charge in [-0.2, -0.15) is 0 Å². The Morgan fingerprint density at radius 1 is 1.24 bits per heavy atom. The Labute approximate surface area is 125 Å². The molecule has 17 heavy (non-hydrogen) atoms. The lowest BCUT2D eigenvalue weighted by Gasteiger charge is -2.36. The summed E-state index contributed by atoms with van der Waals surface area (Å²) in [6, 6.07) is 0. The molecule has 0 rings (SSSR count). The molecule has 0 aliphatic rings. The molecule has 0 spiro atoms. The summed E-state index contributed by atoms with van der Waals surface area (Å²) in [6.45, 7) is 12.1. The summed E-state index contributed by atoms with van der Waals surface area (Å²) in [5, 5.41) is 1.38. The van der Waals surface area contributed by atoms with Crippen LogP contribution in [0, 0.1) is 0 Å². The highest BCUT2D eigenvalue weighted by molar-refractivity contribution is 9.11. The minimum Gasteiger partial charge on any atom is -0.412 e. The summed E-state index contributed by atoms with van der Waals surface area (Å²) >= 11 is 7.04. The van der Waals surface area contributed by atoms with Gasteiger partial charge < -0.3 is 4.43 Å². The Morgan fingerprint density at radius 2 is 1.82 bits per heavy atom. The van der Waals surface area contributed by atoms with E-state index in [2.05, 4.69) is 71.8 Å². The third kappa shape index (κ3) is 7.80. The zero-order valence-electron chi connectivity index (χ0n) is 11.8. The van der Waals surface area contributed by atoms with Crippen molar-refractivity contribution in [2.75, 3.05) is 11.9 Å². The number of allylic oxidation sites excluding steroid dienone is 1. The molecule has 1 nitrogen and oxygen atoms in total.